The highest BCUT2D eigenvalue weighted by Gasteiger charge is 2.08. The predicted molar refractivity (Wildman–Crippen MR) is 108 cm³/mol. The van der Waals surface area contributed by atoms with Gasteiger partial charge in [-0.05, 0) is 61.7 Å². The Morgan fingerprint density at radius 3 is 1.54 bits per heavy atom. The Hall–Kier alpha value is -2.32. The van der Waals surface area contributed by atoms with E-state index in [4.69, 9.17) is 0 Å². The first-order valence-electron chi connectivity index (χ1n) is 8.12. The number of rotatable bonds is 7. The van der Waals surface area contributed by atoms with Crippen molar-refractivity contribution in [2.75, 3.05) is 0 Å². The summed E-state index contributed by atoms with van der Waals surface area (Å²) in [5.41, 5.74) is 8.77. The summed E-state index contributed by atoms with van der Waals surface area (Å²) < 4.78 is 0. The van der Waals surface area contributed by atoms with Crippen LogP contribution in [0.4, 0.5) is 0 Å². The maximum Gasteiger partial charge on any atom is 0.240 e. The Morgan fingerprint density at radius 2 is 1.23 bits per heavy atom. The van der Waals surface area contributed by atoms with E-state index in [0.717, 1.165) is 32.3 Å². The highest BCUT2D eigenvalue weighted by Crippen LogP contribution is 2.15. The minimum Gasteiger partial charge on any atom is -0.273 e. The first kappa shape index (κ1) is 20.0. The van der Waals surface area contributed by atoms with Crippen molar-refractivity contribution < 1.29 is 9.59 Å². The van der Waals surface area contributed by atoms with E-state index in [0.29, 0.717) is 0 Å². The maximum atomic E-state index is 11.8. The Morgan fingerprint density at radius 1 is 0.846 bits per heavy atom. The van der Waals surface area contributed by atoms with Crippen molar-refractivity contribution in [3.8, 4) is 0 Å². The van der Waals surface area contributed by atoms with E-state index >= 15 is 0 Å². The lowest BCUT2D eigenvalue weighted by Gasteiger charge is -2.02. The number of aryl methyl sites for hydroxylation is 2. The molecule has 0 spiro atoms. The van der Waals surface area contributed by atoms with Crippen molar-refractivity contribution in [3.63, 3.8) is 0 Å². The highest BCUT2D eigenvalue weighted by molar-refractivity contribution is 7.12. The number of hydrogen-bond acceptors (Lipinski definition) is 6. The van der Waals surface area contributed by atoms with Crippen LogP contribution in [0.25, 0.3) is 0 Å². The van der Waals surface area contributed by atoms with Gasteiger partial charge < -0.3 is 0 Å². The maximum absolute atomic E-state index is 11.8. The molecule has 26 heavy (non-hydrogen) atoms. The molecule has 2 rings (SSSR count). The molecule has 0 fully saturated rings. The SMILES string of the molecule is C/C(=N/NC(=O)CCC(=O)N/N=C(\C)c1cc(C)cs1)c1cc(C)cs1. The number of nitrogens with one attached hydrogen (secondary N) is 2. The predicted octanol–water partition coefficient (Wildman–Crippen LogP) is 3.59. The summed E-state index contributed by atoms with van der Waals surface area (Å²) in [5.74, 6) is -0.607. The highest BCUT2D eigenvalue weighted by atomic mass is 32.1. The van der Waals surface area contributed by atoms with Crippen molar-refractivity contribution in [1.29, 1.82) is 0 Å². The molecule has 6 nitrogen and oxygen atoms in total. The van der Waals surface area contributed by atoms with Gasteiger partial charge in [0.1, 0.15) is 0 Å². The van der Waals surface area contributed by atoms with Gasteiger partial charge >= 0.3 is 0 Å². The lowest BCUT2D eigenvalue weighted by Crippen LogP contribution is -2.24. The molecule has 0 aliphatic carbocycles. The molecule has 0 atom stereocenters. The quantitative estimate of drug-likeness (QED) is 0.559. The molecule has 0 radical (unpaired) electrons. The molecule has 2 N–H and O–H groups in total. The molecule has 2 amide bonds. The third-order valence-corrected chi connectivity index (χ3v) is 5.76. The van der Waals surface area contributed by atoms with Crippen LogP contribution in [0, 0.1) is 13.8 Å². The molecular formula is C18H22N4O2S2. The van der Waals surface area contributed by atoms with Crippen LogP contribution in [0.1, 0.15) is 47.6 Å². The fourth-order valence-corrected chi connectivity index (χ4v) is 3.69. The van der Waals surface area contributed by atoms with Crippen molar-refractivity contribution in [3.05, 3.63) is 43.8 Å². The average molecular weight is 391 g/mol. The summed E-state index contributed by atoms with van der Waals surface area (Å²) in [4.78, 5) is 25.7. The van der Waals surface area contributed by atoms with Crippen LogP contribution in [0.2, 0.25) is 0 Å². The fraction of sp³-hybridized carbons (Fsp3) is 0.333. The molecule has 0 saturated carbocycles. The van der Waals surface area contributed by atoms with Gasteiger partial charge in [-0.25, -0.2) is 10.9 Å². The lowest BCUT2D eigenvalue weighted by molar-refractivity contribution is -0.126. The number of carbonyl (C=O) groups excluding carboxylic acids is 2. The standard InChI is InChI=1S/C18H22N4O2S2/c1-11-7-15(25-9-11)13(3)19-21-17(23)5-6-18(24)22-20-14(4)16-8-12(2)10-26-16/h7-10H,5-6H2,1-4H3,(H,21,23)(H,22,24)/b19-13-,20-14+. The summed E-state index contributed by atoms with van der Waals surface area (Å²) in [7, 11) is 0. The van der Waals surface area contributed by atoms with Crippen LogP contribution in [0.15, 0.2) is 33.1 Å². The Kier molecular flexibility index (Phi) is 7.23. The molecule has 0 unspecified atom stereocenters. The molecule has 0 saturated heterocycles. The number of carbonyl (C=O) groups is 2. The van der Waals surface area contributed by atoms with Crippen LogP contribution in [0.3, 0.4) is 0 Å². The van der Waals surface area contributed by atoms with E-state index in [9.17, 15) is 9.59 Å². The minimum absolute atomic E-state index is 0.0543. The van der Waals surface area contributed by atoms with Gasteiger partial charge in [-0.15, -0.1) is 22.7 Å². The van der Waals surface area contributed by atoms with Crippen LogP contribution in [-0.4, -0.2) is 23.2 Å². The number of hydrazone groups is 2. The molecule has 0 aliphatic rings. The zero-order valence-electron chi connectivity index (χ0n) is 15.3. The first-order valence-corrected chi connectivity index (χ1v) is 9.88. The summed E-state index contributed by atoms with van der Waals surface area (Å²) >= 11 is 3.15. The monoisotopic (exact) mass is 390 g/mol. The van der Waals surface area contributed by atoms with Crippen LogP contribution >= 0.6 is 22.7 Å². The second-order valence-electron chi connectivity index (χ2n) is 5.94. The average Bonchev–Trinajstić information content (AvgIpc) is 3.24. The van der Waals surface area contributed by atoms with Gasteiger partial charge in [-0.1, -0.05) is 0 Å². The van der Waals surface area contributed by atoms with Crippen LogP contribution < -0.4 is 10.9 Å². The summed E-state index contributed by atoms with van der Waals surface area (Å²) in [6.07, 6.45) is 0.109. The van der Waals surface area contributed by atoms with Crippen molar-refractivity contribution in [2.24, 2.45) is 10.2 Å². The fourth-order valence-electron chi connectivity index (χ4n) is 1.98. The molecule has 138 valence electrons. The number of thiophene rings is 2. The number of hydrogen-bond donors (Lipinski definition) is 2. The molecular weight excluding hydrogens is 368 g/mol. The second-order valence-corrected chi connectivity index (χ2v) is 7.76. The van der Waals surface area contributed by atoms with Crippen molar-refractivity contribution in [1.82, 2.24) is 10.9 Å². The summed E-state index contributed by atoms with van der Waals surface area (Å²) in [6.45, 7) is 7.69. The minimum atomic E-state index is -0.303. The van der Waals surface area contributed by atoms with Gasteiger partial charge in [0.2, 0.25) is 11.8 Å². The molecule has 2 aromatic rings. The third kappa shape index (κ3) is 6.20. The molecule has 2 aromatic heterocycles. The van der Waals surface area contributed by atoms with E-state index in [1.807, 2.05) is 50.6 Å². The summed E-state index contributed by atoms with van der Waals surface area (Å²) in [6, 6.07) is 4.02. The molecule has 0 aliphatic heterocycles. The largest absolute Gasteiger partial charge is 0.273 e. The number of nitrogens with zero attached hydrogens (tertiary/aromatic N) is 2. The van der Waals surface area contributed by atoms with Crippen LogP contribution in [-0.2, 0) is 9.59 Å². The third-order valence-electron chi connectivity index (χ3n) is 3.45. The van der Waals surface area contributed by atoms with Gasteiger partial charge in [-0.3, -0.25) is 9.59 Å². The first-order chi connectivity index (χ1) is 12.3. The lowest BCUT2D eigenvalue weighted by atomic mass is 10.3. The van der Waals surface area contributed by atoms with Crippen molar-refractivity contribution in [2.45, 2.75) is 40.5 Å². The zero-order valence-corrected chi connectivity index (χ0v) is 16.9. The van der Waals surface area contributed by atoms with E-state index in [1.54, 1.807) is 22.7 Å². The zero-order chi connectivity index (χ0) is 19.1. The van der Waals surface area contributed by atoms with E-state index in [1.165, 1.54) is 0 Å². The second kappa shape index (κ2) is 9.40. The summed E-state index contributed by atoms with van der Waals surface area (Å²) in [5, 5.41) is 12.2. The smallest absolute Gasteiger partial charge is 0.240 e. The Balaban J connectivity index is 1.75. The molecule has 2 heterocycles. The Bertz CT molecular complexity index is 779. The van der Waals surface area contributed by atoms with Gasteiger partial charge in [0.25, 0.3) is 0 Å². The van der Waals surface area contributed by atoms with Crippen LogP contribution in [0.5, 0.6) is 0 Å². The van der Waals surface area contributed by atoms with Gasteiger partial charge in [0, 0.05) is 12.8 Å². The Labute approximate surface area is 161 Å². The van der Waals surface area contributed by atoms with Gasteiger partial charge in [0.15, 0.2) is 0 Å². The number of amides is 2. The topological polar surface area (TPSA) is 82.9 Å². The van der Waals surface area contributed by atoms with E-state index < -0.39 is 0 Å². The van der Waals surface area contributed by atoms with E-state index in [-0.39, 0.29) is 24.7 Å². The normalized spacial score (nSPS) is 12.2. The molecule has 8 heteroatoms. The van der Waals surface area contributed by atoms with E-state index in [2.05, 4.69) is 21.1 Å². The van der Waals surface area contributed by atoms with Gasteiger partial charge in [0.05, 0.1) is 21.2 Å². The molecule has 0 aromatic carbocycles. The molecule has 0 bridgehead atoms. The van der Waals surface area contributed by atoms with Crippen molar-refractivity contribution >= 4 is 45.9 Å². The van der Waals surface area contributed by atoms with Gasteiger partial charge in [-0.2, -0.15) is 10.2 Å².